The van der Waals surface area contributed by atoms with Crippen LogP contribution in [0.15, 0.2) is 10.7 Å². The van der Waals surface area contributed by atoms with Crippen LogP contribution in [0.4, 0.5) is 0 Å². The Labute approximate surface area is 79.3 Å². The number of hydrogen-bond donors (Lipinski definition) is 0. The third-order valence-corrected chi connectivity index (χ3v) is 1.89. The predicted molar refractivity (Wildman–Crippen MR) is 46.2 cm³/mol. The van der Waals surface area contributed by atoms with Crippen molar-refractivity contribution in [2.45, 2.75) is 6.92 Å². The first-order valence-corrected chi connectivity index (χ1v) is 4.04. The van der Waals surface area contributed by atoms with Gasteiger partial charge in [0.25, 0.3) is 0 Å². The molecule has 0 aliphatic carbocycles. The molecule has 0 aliphatic rings. The van der Waals surface area contributed by atoms with Crippen molar-refractivity contribution in [2.75, 3.05) is 0 Å². The zero-order valence-electron chi connectivity index (χ0n) is 7.15. The molecule has 0 N–H and O–H groups in total. The van der Waals surface area contributed by atoms with Gasteiger partial charge < -0.3 is 4.52 Å². The minimum Gasteiger partial charge on any atom is -0.321 e. The second kappa shape index (κ2) is 2.85. The van der Waals surface area contributed by atoms with Crippen LogP contribution in [-0.4, -0.2) is 19.9 Å². The topological polar surface area (TPSA) is 56.7 Å². The standard InChI is InChI=1S/C7H7ClN4O/c1-4-3-9-12(2)5(4)6-10-7(8)13-11-6/h3H,1-2H3. The molecular formula is C7H7ClN4O. The average molecular weight is 199 g/mol. The molecule has 0 saturated heterocycles. The molecule has 5 nitrogen and oxygen atoms in total. The minimum absolute atomic E-state index is 0.0376. The third kappa shape index (κ3) is 1.31. The van der Waals surface area contributed by atoms with Crippen LogP contribution < -0.4 is 0 Å². The first-order chi connectivity index (χ1) is 6.18. The van der Waals surface area contributed by atoms with Crippen molar-refractivity contribution in [1.29, 1.82) is 0 Å². The highest BCUT2D eigenvalue weighted by Gasteiger charge is 2.13. The molecule has 0 fully saturated rings. The van der Waals surface area contributed by atoms with Crippen LogP contribution in [0.25, 0.3) is 11.5 Å². The summed E-state index contributed by atoms with van der Waals surface area (Å²) in [5.41, 5.74) is 1.80. The highest BCUT2D eigenvalue weighted by Crippen LogP contribution is 2.20. The van der Waals surface area contributed by atoms with E-state index in [1.807, 2.05) is 14.0 Å². The zero-order chi connectivity index (χ0) is 9.42. The second-order valence-electron chi connectivity index (χ2n) is 2.67. The van der Waals surface area contributed by atoms with Crippen LogP contribution in [0, 0.1) is 6.92 Å². The largest absolute Gasteiger partial charge is 0.321 e. The Hall–Kier alpha value is -1.36. The van der Waals surface area contributed by atoms with Gasteiger partial charge in [0, 0.05) is 7.05 Å². The Balaban J connectivity index is 2.57. The van der Waals surface area contributed by atoms with Crippen LogP contribution in [0.3, 0.4) is 0 Å². The lowest BCUT2D eigenvalue weighted by atomic mass is 10.3. The van der Waals surface area contributed by atoms with Crippen LogP contribution in [-0.2, 0) is 7.05 Å². The molecule has 2 rings (SSSR count). The van der Waals surface area contributed by atoms with E-state index >= 15 is 0 Å². The Bertz CT molecular complexity index is 414. The number of halogens is 1. The van der Waals surface area contributed by atoms with Gasteiger partial charge in [-0.3, -0.25) is 4.68 Å². The van der Waals surface area contributed by atoms with Gasteiger partial charge in [-0.2, -0.15) is 10.1 Å². The number of nitrogens with zero attached hydrogens (tertiary/aromatic N) is 4. The van der Waals surface area contributed by atoms with Gasteiger partial charge in [-0.25, -0.2) is 0 Å². The maximum absolute atomic E-state index is 5.51. The molecule has 0 unspecified atom stereocenters. The molecule has 6 heteroatoms. The molecule has 13 heavy (non-hydrogen) atoms. The van der Waals surface area contributed by atoms with E-state index in [1.165, 1.54) is 0 Å². The molecule has 2 aromatic rings. The number of aromatic nitrogens is 4. The molecule has 2 heterocycles. The monoisotopic (exact) mass is 198 g/mol. The van der Waals surface area contributed by atoms with Gasteiger partial charge in [0.1, 0.15) is 5.69 Å². The van der Waals surface area contributed by atoms with Crippen molar-refractivity contribution in [3.05, 3.63) is 17.1 Å². The zero-order valence-corrected chi connectivity index (χ0v) is 7.91. The molecule has 0 spiro atoms. The summed E-state index contributed by atoms with van der Waals surface area (Å²) in [4.78, 5) is 3.90. The van der Waals surface area contributed by atoms with E-state index in [0.29, 0.717) is 5.82 Å². The van der Waals surface area contributed by atoms with E-state index in [9.17, 15) is 0 Å². The quantitative estimate of drug-likeness (QED) is 0.696. The van der Waals surface area contributed by atoms with Crippen molar-refractivity contribution < 1.29 is 4.52 Å². The molecule has 0 bridgehead atoms. The smallest absolute Gasteiger partial charge is 0.320 e. The van der Waals surface area contributed by atoms with Crippen LogP contribution >= 0.6 is 11.6 Å². The Morgan fingerprint density at radius 2 is 2.31 bits per heavy atom. The lowest BCUT2D eigenvalue weighted by molar-refractivity contribution is 0.420. The highest BCUT2D eigenvalue weighted by molar-refractivity contribution is 6.27. The van der Waals surface area contributed by atoms with Crippen LogP contribution in [0.5, 0.6) is 0 Å². The Kier molecular flexibility index (Phi) is 1.81. The molecular weight excluding hydrogens is 192 g/mol. The van der Waals surface area contributed by atoms with Gasteiger partial charge in [-0.1, -0.05) is 5.16 Å². The average Bonchev–Trinajstić information content (AvgIpc) is 2.60. The summed E-state index contributed by atoms with van der Waals surface area (Å²) >= 11 is 5.51. The predicted octanol–water partition coefficient (Wildman–Crippen LogP) is 1.43. The first kappa shape index (κ1) is 8.25. The first-order valence-electron chi connectivity index (χ1n) is 3.66. The molecule has 0 atom stereocenters. The van der Waals surface area contributed by atoms with Crippen molar-refractivity contribution in [2.24, 2.45) is 7.05 Å². The molecule has 0 aromatic carbocycles. The normalized spacial score (nSPS) is 10.7. The fourth-order valence-electron chi connectivity index (χ4n) is 1.17. The maximum atomic E-state index is 5.51. The lowest BCUT2D eigenvalue weighted by Gasteiger charge is -1.95. The summed E-state index contributed by atoms with van der Waals surface area (Å²) in [6, 6.07) is 0. The number of rotatable bonds is 1. The molecule has 0 aliphatic heterocycles. The Morgan fingerprint density at radius 1 is 1.54 bits per heavy atom. The summed E-state index contributed by atoms with van der Waals surface area (Å²) in [5, 5.41) is 7.79. The highest BCUT2D eigenvalue weighted by atomic mass is 35.5. The van der Waals surface area contributed by atoms with Gasteiger partial charge in [0.2, 0.25) is 5.82 Å². The van der Waals surface area contributed by atoms with Crippen LogP contribution in [0.1, 0.15) is 5.56 Å². The third-order valence-electron chi connectivity index (χ3n) is 1.73. The van der Waals surface area contributed by atoms with Gasteiger partial charge >= 0.3 is 5.35 Å². The van der Waals surface area contributed by atoms with E-state index in [0.717, 1.165) is 11.3 Å². The SMILES string of the molecule is Cc1cnn(C)c1-c1noc(Cl)n1. The molecule has 68 valence electrons. The molecule has 0 amide bonds. The van der Waals surface area contributed by atoms with Gasteiger partial charge in [-0.15, -0.1) is 0 Å². The van der Waals surface area contributed by atoms with Crippen molar-refractivity contribution >= 4 is 11.6 Å². The fraction of sp³-hybridized carbons (Fsp3) is 0.286. The minimum atomic E-state index is 0.0376. The van der Waals surface area contributed by atoms with Gasteiger partial charge in [0.05, 0.1) is 6.20 Å². The van der Waals surface area contributed by atoms with E-state index < -0.39 is 0 Å². The summed E-state index contributed by atoms with van der Waals surface area (Å²) < 4.78 is 6.34. The summed E-state index contributed by atoms with van der Waals surface area (Å²) in [5.74, 6) is 0.461. The van der Waals surface area contributed by atoms with Gasteiger partial charge in [-0.05, 0) is 24.1 Å². The summed E-state index contributed by atoms with van der Waals surface area (Å²) in [6.45, 7) is 1.92. The second-order valence-corrected chi connectivity index (χ2v) is 2.99. The van der Waals surface area contributed by atoms with Crippen molar-refractivity contribution in [3.63, 3.8) is 0 Å². The number of hydrogen-bond acceptors (Lipinski definition) is 4. The number of aryl methyl sites for hydroxylation is 2. The summed E-state index contributed by atoms with van der Waals surface area (Å²) in [6.07, 6.45) is 1.74. The fourth-order valence-corrected chi connectivity index (χ4v) is 1.28. The van der Waals surface area contributed by atoms with Crippen LogP contribution in [0.2, 0.25) is 5.35 Å². The Morgan fingerprint density at radius 3 is 2.77 bits per heavy atom. The lowest BCUT2D eigenvalue weighted by Crippen LogP contribution is -1.95. The van der Waals surface area contributed by atoms with E-state index in [4.69, 9.17) is 11.6 Å². The van der Waals surface area contributed by atoms with Crippen molar-refractivity contribution in [1.82, 2.24) is 19.9 Å². The van der Waals surface area contributed by atoms with E-state index in [2.05, 4.69) is 19.8 Å². The van der Waals surface area contributed by atoms with E-state index in [-0.39, 0.29) is 5.35 Å². The molecule has 2 aromatic heterocycles. The summed E-state index contributed by atoms with van der Waals surface area (Å²) in [7, 11) is 1.81. The van der Waals surface area contributed by atoms with Crippen molar-refractivity contribution in [3.8, 4) is 11.5 Å². The van der Waals surface area contributed by atoms with E-state index in [1.54, 1.807) is 10.9 Å². The molecule has 0 saturated carbocycles. The molecule has 0 radical (unpaired) electrons. The maximum Gasteiger partial charge on any atom is 0.320 e. The van der Waals surface area contributed by atoms with Gasteiger partial charge in [0.15, 0.2) is 0 Å².